The summed E-state index contributed by atoms with van der Waals surface area (Å²) in [4.78, 5) is 4.65. The maximum absolute atomic E-state index is 5.89. The third-order valence-corrected chi connectivity index (χ3v) is 5.21. The number of hydrogen-bond donors (Lipinski definition) is 1. The Bertz CT molecular complexity index is 506. The van der Waals surface area contributed by atoms with Crippen LogP contribution in [0.4, 0.5) is 0 Å². The fourth-order valence-electron chi connectivity index (χ4n) is 3.69. The van der Waals surface area contributed by atoms with E-state index in [2.05, 4.69) is 37.0 Å². The van der Waals surface area contributed by atoms with Crippen LogP contribution in [0.2, 0.25) is 0 Å². The van der Waals surface area contributed by atoms with Gasteiger partial charge in [0, 0.05) is 12.0 Å². The van der Waals surface area contributed by atoms with Crippen LogP contribution in [0.3, 0.4) is 0 Å². The molecule has 2 N–H and O–H groups in total. The first-order valence-electron chi connectivity index (χ1n) is 8.21. The number of nitrogens with two attached hydrogens (primary N) is 1. The molecule has 1 fully saturated rings. The molecule has 2 atom stereocenters. The monoisotopic (exact) mass is 289 g/mol. The summed E-state index contributed by atoms with van der Waals surface area (Å²) >= 11 is 0. The van der Waals surface area contributed by atoms with Crippen LogP contribution in [0.5, 0.6) is 0 Å². The number of aromatic nitrogens is 2. The molecule has 0 aliphatic heterocycles. The molecule has 3 rings (SSSR count). The molecule has 4 heteroatoms. The van der Waals surface area contributed by atoms with E-state index in [1.807, 2.05) is 6.08 Å². The van der Waals surface area contributed by atoms with Crippen LogP contribution < -0.4 is 5.73 Å². The Morgan fingerprint density at radius 3 is 2.43 bits per heavy atom. The molecular weight excluding hydrogens is 262 g/mol. The molecule has 2 aliphatic carbocycles. The minimum atomic E-state index is 0.132. The highest BCUT2D eigenvalue weighted by Crippen LogP contribution is 2.42. The smallest absolute Gasteiger partial charge is 0.233 e. The van der Waals surface area contributed by atoms with Gasteiger partial charge in [-0.05, 0) is 43.4 Å². The maximum atomic E-state index is 5.89. The van der Waals surface area contributed by atoms with E-state index >= 15 is 0 Å². The molecule has 2 unspecified atom stereocenters. The third kappa shape index (κ3) is 3.20. The fourth-order valence-corrected chi connectivity index (χ4v) is 3.69. The second-order valence-corrected chi connectivity index (χ2v) is 7.80. The molecule has 0 saturated heterocycles. The first-order valence-corrected chi connectivity index (χ1v) is 8.21. The van der Waals surface area contributed by atoms with Gasteiger partial charge in [-0.1, -0.05) is 38.1 Å². The number of allylic oxidation sites excluding steroid dienone is 1. The van der Waals surface area contributed by atoms with Crippen LogP contribution in [0.15, 0.2) is 16.7 Å². The minimum absolute atomic E-state index is 0.132. The molecule has 116 valence electrons. The molecule has 4 nitrogen and oxygen atoms in total. The van der Waals surface area contributed by atoms with Gasteiger partial charge < -0.3 is 10.3 Å². The Hall–Kier alpha value is -1.16. The summed E-state index contributed by atoms with van der Waals surface area (Å²) in [5.41, 5.74) is 6.31. The average Bonchev–Trinajstić information content (AvgIpc) is 3.06. The SMILES string of the molecule is CC(C)(C)C1CCC(c2noc(C3C=CC(N)C3)n2)CC1. The van der Waals surface area contributed by atoms with Crippen molar-refractivity contribution in [2.45, 2.75) is 70.8 Å². The second-order valence-electron chi connectivity index (χ2n) is 7.80. The van der Waals surface area contributed by atoms with E-state index < -0.39 is 0 Å². The summed E-state index contributed by atoms with van der Waals surface area (Å²) in [6.45, 7) is 7.04. The Morgan fingerprint density at radius 2 is 1.86 bits per heavy atom. The van der Waals surface area contributed by atoms with Crippen LogP contribution in [0.1, 0.15) is 76.4 Å². The Balaban J connectivity index is 1.62. The van der Waals surface area contributed by atoms with Crippen molar-refractivity contribution in [1.82, 2.24) is 10.1 Å². The zero-order valence-electron chi connectivity index (χ0n) is 13.4. The van der Waals surface area contributed by atoms with E-state index in [1.165, 1.54) is 25.7 Å². The first kappa shape index (κ1) is 14.8. The normalized spacial score (nSPS) is 33.5. The lowest BCUT2D eigenvalue weighted by molar-refractivity contribution is 0.166. The fraction of sp³-hybridized carbons (Fsp3) is 0.765. The topological polar surface area (TPSA) is 64.9 Å². The van der Waals surface area contributed by atoms with E-state index in [1.54, 1.807) is 0 Å². The minimum Gasteiger partial charge on any atom is -0.339 e. The molecular formula is C17H27N3O. The molecule has 0 amide bonds. The number of nitrogens with zero attached hydrogens (tertiary/aromatic N) is 2. The lowest BCUT2D eigenvalue weighted by Crippen LogP contribution is -2.25. The Labute approximate surface area is 127 Å². The highest BCUT2D eigenvalue weighted by Gasteiger charge is 2.32. The van der Waals surface area contributed by atoms with Crippen LogP contribution >= 0.6 is 0 Å². The molecule has 1 heterocycles. The quantitative estimate of drug-likeness (QED) is 0.842. The summed E-state index contributed by atoms with van der Waals surface area (Å²) in [7, 11) is 0. The van der Waals surface area contributed by atoms with Crippen molar-refractivity contribution in [2.24, 2.45) is 17.1 Å². The lowest BCUT2D eigenvalue weighted by Gasteiger charge is -2.36. The molecule has 0 spiro atoms. The molecule has 2 aliphatic rings. The summed E-state index contributed by atoms with van der Waals surface area (Å²) in [6, 6.07) is 0.132. The van der Waals surface area contributed by atoms with Crippen LogP contribution in [0.25, 0.3) is 0 Å². The Kier molecular flexibility index (Phi) is 3.91. The second kappa shape index (κ2) is 5.56. The molecule has 0 bridgehead atoms. The maximum Gasteiger partial charge on any atom is 0.233 e. The molecule has 1 saturated carbocycles. The largest absolute Gasteiger partial charge is 0.339 e. The van der Waals surface area contributed by atoms with Crippen molar-refractivity contribution in [3.63, 3.8) is 0 Å². The van der Waals surface area contributed by atoms with Gasteiger partial charge in [-0.15, -0.1) is 0 Å². The molecule has 21 heavy (non-hydrogen) atoms. The molecule has 1 aromatic rings. The van der Waals surface area contributed by atoms with Gasteiger partial charge in [0.2, 0.25) is 5.89 Å². The van der Waals surface area contributed by atoms with Gasteiger partial charge in [0.05, 0.1) is 5.92 Å². The van der Waals surface area contributed by atoms with Crippen molar-refractivity contribution in [3.8, 4) is 0 Å². The molecule has 1 aromatic heterocycles. The summed E-state index contributed by atoms with van der Waals surface area (Å²) in [5.74, 6) is 3.15. The predicted octanol–water partition coefficient (Wildman–Crippen LogP) is 3.76. The zero-order valence-corrected chi connectivity index (χ0v) is 13.4. The lowest BCUT2D eigenvalue weighted by atomic mass is 9.70. The van der Waals surface area contributed by atoms with Crippen LogP contribution in [-0.2, 0) is 0 Å². The molecule has 0 aromatic carbocycles. The van der Waals surface area contributed by atoms with Gasteiger partial charge >= 0.3 is 0 Å². The third-order valence-electron chi connectivity index (χ3n) is 5.21. The first-order chi connectivity index (χ1) is 9.93. The summed E-state index contributed by atoms with van der Waals surface area (Å²) in [5, 5.41) is 4.24. The van der Waals surface area contributed by atoms with Gasteiger partial charge in [0.25, 0.3) is 0 Å². The van der Waals surface area contributed by atoms with Crippen molar-refractivity contribution < 1.29 is 4.52 Å². The van der Waals surface area contributed by atoms with E-state index in [4.69, 9.17) is 10.3 Å². The van der Waals surface area contributed by atoms with E-state index in [-0.39, 0.29) is 12.0 Å². The highest BCUT2D eigenvalue weighted by molar-refractivity contribution is 5.16. The van der Waals surface area contributed by atoms with Gasteiger partial charge in [0.1, 0.15) is 0 Å². The van der Waals surface area contributed by atoms with Crippen molar-refractivity contribution in [2.75, 3.05) is 0 Å². The van der Waals surface area contributed by atoms with Gasteiger partial charge in [-0.2, -0.15) is 4.98 Å². The Morgan fingerprint density at radius 1 is 1.14 bits per heavy atom. The van der Waals surface area contributed by atoms with Crippen LogP contribution in [0, 0.1) is 11.3 Å². The highest BCUT2D eigenvalue weighted by atomic mass is 16.5. The van der Waals surface area contributed by atoms with Gasteiger partial charge in [0.15, 0.2) is 5.82 Å². The van der Waals surface area contributed by atoms with E-state index in [9.17, 15) is 0 Å². The van der Waals surface area contributed by atoms with Crippen molar-refractivity contribution >= 4 is 0 Å². The van der Waals surface area contributed by atoms with Gasteiger partial charge in [-0.3, -0.25) is 0 Å². The van der Waals surface area contributed by atoms with Crippen LogP contribution in [-0.4, -0.2) is 16.2 Å². The van der Waals surface area contributed by atoms with Crippen molar-refractivity contribution in [1.29, 1.82) is 0 Å². The standard InChI is InChI=1S/C17H27N3O/c1-17(2,3)13-7-4-11(5-8-13)15-19-16(21-20-15)12-6-9-14(18)10-12/h6,9,11-14H,4-5,7-8,10,18H2,1-3H3. The average molecular weight is 289 g/mol. The summed E-state index contributed by atoms with van der Waals surface area (Å²) < 4.78 is 5.48. The summed E-state index contributed by atoms with van der Waals surface area (Å²) in [6.07, 6.45) is 9.92. The molecule has 0 radical (unpaired) electrons. The number of hydrogen-bond acceptors (Lipinski definition) is 4. The predicted molar refractivity (Wildman–Crippen MR) is 82.9 cm³/mol. The van der Waals surface area contributed by atoms with E-state index in [0.717, 1.165) is 24.1 Å². The van der Waals surface area contributed by atoms with E-state index in [0.29, 0.717) is 11.3 Å². The number of rotatable bonds is 2. The van der Waals surface area contributed by atoms with Gasteiger partial charge in [-0.25, -0.2) is 0 Å². The zero-order chi connectivity index (χ0) is 15.0. The van der Waals surface area contributed by atoms with Crippen molar-refractivity contribution in [3.05, 3.63) is 23.9 Å².